The van der Waals surface area contributed by atoms with Crippen molar-refractivity contribution < 1.29 is 23.5 Å². The Labute approximate surface area is 158 Å². The number of thiophene rings is 1. The van der Waals surface area contributed by atoms with E-state index in [0.29, 0.717) is 11.5 Å². The van der Waals surface area contributed by atoms with E-state index in [-0.39, 0.29) is 5.69 Å². The Hall–Kier alpha value is -3.19. The molecule has 2 heterocycles. The molecule has 4 rings (SSSR count). The van der Waals surface area contributed by atoms with Gasteiger partial charge in [0.25, 0.3) is 5.91 Å². The van der Waals surface area contributed by atoms with Gasteiger partial charge in [0.1, 0.15) is 23.1 Å². The Bertz CT molecular complexity index is 1030. The number of anilines is 1. The van der Waals surface area contributed by atoms with Crippen LogP contribution >= 0.6 is 11.3 Å². The standard InChI is InChI=1S/C20H14FNO4S/c21-14-6-2-3-7-15(14)22-18(23)11-26-20(24)17-9-12-10-25-16-8-4-1-5-13(16)19(12)27-17/h1-9H,10-11H2,(H,22,23). The van der Waals surface area contributed by atoms with Crippen molar-refractivity contribution >= 4 is 28.9 Å². The predicted octanol–water partition coefficient (Wildman–Crippen LogP) is 4.24. The first-order chi connectivity index (χ1) is 13.1. The minimum absolute atomic E-state index is 0.0406. The maximum absolute atomic E-state index is 13.5. The van der Waals surface area contributed by atoms with Crippen LogP contribution < -0.4 is 10.1 Å². The molecule has 0 aliphatic carbocycles. The van der Waals surface area contributed by atoms with E-state index in [1.807, 2.05) is 24.3 Å². The number of hydrogen-bond donors (Lipinski definition) is 1. The van der Waals surface area contributed by atoms with E-state index < -0.39 is 24.3 Å². The SMILES string of the molecule is O=C(COC(=O)c1cc2c(s1)-c1ccccc1OC2)Nc1ccccc1F. The number of carbonyl (C=O) groups excluding carboxylic acids is 2. The molecule has 1 aliphatic rings. The minimum atomic E-state index is -0.608. The molecule has 0 fully saturated rings. The Morgan fingerprint density at radius 2 is 1.93 bits per heavy atom. The monoisotopic (exact) mass is 383 g/mol. The van der Waals surface area contributed by atoms with Gasteiger partial charge in [0.15, 0.2) is 6.61 Å². The fourth-order valence-electron chi connectivity index (χ4n) is 2.75. The third-order valence-corrected chi connectivity index (χ3v) is 5.20. The van der Waals surface area contributed by atoms with Crippen LogP contribution in [0.4, 0.5) is 10.1 Å². The van der Waals surface area contributed by atoms with E-state index in [9.17, 15) is 14.0 Å². The molecule has 2 aromatic carbocycles. The van der Waals surface area contributed by atoms with E-state index in [0.717, 1.165) is 21.8 Å². The molecule has 1 N–H and O–H groups in total. The molecule has 0 saturated heterocycles. The molecule has 0 unspecified atom stereocenters. The maximum atomic E-state index is 13.5. The molecule has 0 spiro atoms. The van der Waals surface area contributed by atoms with E-state index in [1.54, 1.807) is 12.1 Å². The number of amides is 1. The van der Waals surface area contributed by atoms with E-state index in [4.69, 9.17) is 9.47 Å². The van der Waals surface area contributed by atoms with Gasteiger partial charge in [0, 0.05) is 16.0 Å². The normalized spacial score (nSPS) is 11.7. The zero-order valence-corrected chi connectivity index (χ0v) is 14.8. The van der Waals surface area contributed by atoms with Crippen LogP contribution in [-0.2, 0) is 16.1 Å². The number of carbonyl (C=O) groups is 2. The van der Waals surface area contributed by atoms with Crippen LogP contribution in [0.25, 0.3) is 10.4 Å². The third kappa shape index (κ3) is 3.54. The number of hydrogen-bond acceptors (Lipinski definition) is 5. The van der Waals surface area contributed by atoms with Crippen LogP contribution in [0.5, 0.6) is 5.75 Å². The predicted molar refractivity (Wildman–Crippen MR) is 99.4 cm³/mol. The summed E-state index contributed by atoms with van der Waals surface area (Å²) in [5, 5.41) is 2.37. The lowest BCUT2D eigenvalue weighted by Gasteiger charge is -2.16. The number of rotatable bonds is 4. The summed E-state index contributed by atoms with van der Waals surface area (Å²) in [6.45, 7) is -0.118. The van der Waals surface area contributed by atoms with Gasteiger partial charge in [-0.1, -0.05) is 24.3 Å². The number of halogens is 1. The summed E-state index contributed by atoms with van der Waals surface area (Å²) < 4.78 is 24.3. The van der Waals surface area contributed by atoms with Gasteiger partial charge in [0.05, 0.1) is 5.69 Å². The van der Waals surface area contributed by atoms with Gasteiger partial charge in [-0.25, -0.2) is 9.18 Å². The first-order valence-corrected chi connectivity index (χ1v) is 9.00. The van der Waals surface area contributed by atoms with Crippen LogP contribution in [0.15, 0.2) is 54.6 Å². The van der Waals surface area contributed by atoms with Crippen molar-refractivity contribution in [1.29, 1.82) is 0 Å². The lowest BCUT2D eigenvalue weighted by molar-refractivity contribution is -0.119. The maximum Gasteiger partial charge on any atom is 0.348 e. The molecule has 1 aromatic heterocycles. The van der Waals surface area contributed by atoms with Crippen molar-refractivity contribution in [3.8, 4) is 16.2 Å². The highest BCUT2D eigenvalue weighted by Crippen LogP contribution is 2.42. The molecule has 1 amide bonds. The molecule has 0 atom stereocenters. The Morgan fingerprint density at radius 3 is 2.78 bits per heavy atom. The van der Waals surface area contributed by atoms with Gasteiger partial charge in [-0.3, -0.25) is 4.79 Å². The van der Waals surface area contributed by atoms with Gasteiger partial charge < -0.3 is 14.8 Å². The summed E-state index contributed by atoms with van der Waals surface area (Å²) in [5.74, 6) is -0.989. The summed E-state index contributed by atoms with van der Waals surface area (Å²) in [6.07, 6.45) is 0. The van der Waals surface area contributed by atoms with Crippen LogP contribution in [0.3, 0.4) is 0 Å². The highest BCUT2D eigenvalue weighted by Gasteiger charge is 2.23. The molecule has 27 heavy (non-hydrogen) atoms. The summed E-state index contributed by atoms with van der Waals surface area (Å²) in [5.41, 5.74) is 1.88. The van der Waals surface area contributed by atoms with Crippen molar-refractivity contribution in [2.45, 2.75) is 6.61 Å². The molecule has 7 heteroatoms. The van der Waals surface area contributed by atoms with Crippen molar-refractivity contribution in [3.05, 3.63) is 70.9 Å². The van der Waals surface area contributed by atoms with E-state index in [2.05, 4.69) is 5.32 Å². The largest absolute Gasteiger partial charge is 0.488 e. The molecule has 5 nitrogen and oxygen atoms in total. The number of ether oxygens (including phenoxy) is 2. The smallest absolute Gasteiger partial charge is 0.348 e. The lowest BCUT2D eigenvalue weighted by Crippen LogP contribution is -2.21. The van der Waals surface area contributed by atoms with Crippen molar-refractivity contribution in [2.75, 3.05) is 11.9 Å². The number of esters is 1. The molecular formula is C20H14FNO4S. The Balaban J connectivity index is 1.42. The van der Waals surface area contributed by atoms with E-state index >= 15 is 0 Å². The summed E-state index contributed by atoms with van der Waals surface area (Å²) >= 11 is 1.30. The molecular weight excluding hydrogens is 369 g/mol. The number of nitrogens with one attached hydrogen (secondary N) is 1. The van der Waals surface area contributed by atoms with Crippen molar-refractivity contribution in [3.63, 3.8) is 0 Å². The quantitative estimate of drug-likeness (QED) is 0.685. The number of para-hydroxylation sites is 2. The fourth-order valence-corrected chi connectivity index (χ4v) is 3.84. The molecule has 0 saturated carbocycles. The van der Waals surface area contributed by atoms with Crippen molar-refractivity contribution in [1.82, 2.24) is 0 Å². The fraction of sp³-hybridized carbons (Fsp3) is 0.100. The average Bonchev–Trinajstić information content (AvgIpc) is 3.13. The average molecular weight is 383 g/mol. The summed E-state index contributed by atoms with van der Waals surface area (Å²) in [7, 11) is 0. The second-order valence-corrected chi connectivity index (χ2v) is 6.91. The van der Waals surface area contributed by atoms with E-state index in [1.165, 1.54) is 29.5 Å². The first-order valence-electron chi connectivity index (χ1n) is 8.18. The minimum Gasteiger partial charge on any atom is -0.488 e. The van der Waals surface area contributed by atoms with Gasteiger partial charge >= 0.3 is 5.97 Å². The second-order valence-electron chi connectivity index (χ2n) is 5.85. The molecule has 0 radical (unpaired) electrons. The highest BCUT2D eigenvalue weighted by atomic mass is 32.1. The van der Waals surface area contributed by atoms with Gasteiger partial charge in [-0.15, -0.1) is 11.3 Å². The van der Waals surface area contributed by atoms with Crippen LogP contribution in [0, 0.1) is 5.82 Å². The molecule has 0 bridgehead atoms. The van der Waals surface area contributed by atoms with Gasteiger partial charge in [-0.05, 0) is 30.3 Å². The Kier molecular flexibility index (Phi) is 4.60. The summed E-state index contributed by atoms with van der Waals surface area (Å²) in [4.78, 5) is 25.5. The third-order valence-electron chi connectivity index (χ3n) is 4.01. The van der Waals surface area contributed by atoms with Gasteiger partial charge in [0.2, 0.25) is 0 Å². The zero-order chi connectivity index (χ0) is 18.8. The van der Waals surface area contributed by atoms with Crippen LogP contribution in [-0.4, -0.2) is 18.5 Å². The van der Waals surface area contributed by atoms with Crippen LogP contribution in [0.2, 0.25) is 0 Å². The molecule has 1 aliphatic heterocycles. The molecule has 136 valence electrons. The first kappa shape index (κ1) is 17.2. The number of benzene rings is 2. The number of fused-ring (bicyclic) bond motifs is 3. The highest BCUT2D eigenvalue weighted by molar-refractivity contribution is 7.17. The zero-order valence-electron chi connectivity index (χ0n) is 14.0. The second kappa shape index (κ2) is 7.20. The Morgan fingerprint density at radius 1 is 1.15 bits per heavy atom. The van der Waals surface area contributed by atoms with Crippen LogP contribution in [0.1, 0.15) is 15.2 Å². The lowest BCUT2D eigenvalue weighted by atomic mass is 10.1. The van der Waals surface area contributed by atoms with Crippen molar-refractivity contribution in [2.24, 2.45) is 0 Å². The van der Waals surface area contributed by atoms with Gasteiger partial charge in [-0.2, -0.15) is 0 Å². The molecule has 3 aromatic rings. The summed E-state index contributed by atoms with van der Waals surface area (Å²) in [6, 6.07) is 15.1. The topological polar surface area (TPSA) is 64.6 Å².